The highest BCUT2D eigenvalue weighted by molar-refractivity contribution is 5.89. The Morgan fingerprint density at radius 1 is 1.35 bits per heavy atom. The van der Waals surface area contributed by atoms with Gasteiger partial charge >= 0.3 is 5.97 Å². The topological polar surface area (TPSA) is 56.2 Å². The van der Waals surface area contributed by atoms with Crippen LogP contribution in [0.25, 0.3) is 0 Å². The minimum absolute atomic E-state index is 0.322. The molecule has 0 aliphatic rings. The second kappa shape index (κ2) is 6.75. The van der Waals surface area contributed by atoms with Gasteiger partial charge in [-0.25, -0.2) is 9.78 Å². The van der Waals surface area contributed by atoms with Crippen molar-refractivity contribution >= 4 is 11.7 Å². The van der Waals surface area contributed by atoms with E-state index in [2.05, 4.69) is 26.5 Å². The van der Waals surface area contributed by atoms with Crippen molar-refractivity contribution in [2.24, 2.45) is 0 Å². The molecule has 0 aliphatic carbocycles. The van der Waals surface area contributed by atoms with Crippen LogP contribution in [-0.4, -0.2) is 22.6 Å². The first-order valence-electron chi connectivity index (χ1n) is 6.66. The van der Waals surface area contributed by atoms with Gasteiger partial charge in [0.05, 0.1) is 31.2 Å². The van der Waals surface area contributed by atoms with Gasteiger partial charge < -0.3 is 14.6 Å². The third-order valence-corrected chi connectivity index (χ3v) is 3.04. The van der Waals surface area contributed by atoms with Crippen molar-refractivity contribution in [2.45, 2.75) is 26.4 Å². The molecule has 5 heteroatoms. The standard InChI is InChI=1S/C15H19N3O2/c1-3-8-18-11-16-9-14(18)10-17-13-6-4-12(5-7-13)15(19)20-2/h4-7,9,11,17H,3,8,10H2,1-2H3. The molecule has 0 spiro atoms. The highest BCUT2D eigenvalue weighted by atomic mass is 16.5. The number of methoxy groups -OCH3 is 1. The van der Waals surface area contributed by atoms with E-state index >= 15 is 0 Å². The average molecular weight is 273 g/mol. The number of ether oxygens (including phenoxy) is 1. The van der Waals surface area contributed by atoms with Crippen LogP contribution in [-0.2, 0) is 17.8 Å². The maximum absolute atomic E-state index is 11.3. The minimum atomic E-state index is -0.322. The quantitative estimate of drug-likeness (QED) is 0.822. The number of hydrogen-bond donors (Lipinski definition) is 1. The Kier molecular flexibility index (Phi) is 4.76. The van der Waals surface area contributed by atoms with Crippen LogP contribution in [0.1, 0.15) is 29.4 Å². The molecule has 0 saturated carbocycles. The molecule has 0 saturated heterocycles. The Morgan fingerprint density at radius 2 is 2.10 bits per heavy atom. The molecule has 0 unspecified atom stereocenters. The lowest BCUT2D eigenvalue weighted by atomic mass is 10.2. The summed E-state index contributed by atoms with van der Waals surface area (Å²) in [6.45, 7) is 3.82. The van der Waals surface area contributed by atoms with Crippen LogP contribution in [0.4, 0.5) is 5.69 Å². The Morgan fingerprint density at radius 3 is 2.75 bits per heavy atom. The smallest absolute Gasteiger partial charge is 0.337 e. The Balaban J connectivity index is 1.97. The van der Waals surface area contributed by atoms with Crippen LogP contribution in [0.3, 0.4) is 0 Å². The van der Waals surface area contributed by atoms with Gasteiger partial charge in [0, 0.05) is 18.4 Å². The average Bonchev–Trinajstić information content (AvgIpc) is 2.92. The van der Waals surface area contributed by atoms with Crippen molar-refractivity contribution in [1.29, 1.82) is 0 Å². The normalized spacial score (nSPS) is 10.3. The number of nitrogens with one attached hydrogen (secondary N) is 1. The van der Waals surface area contributed by atoms with Gasteiger partial charge in [-0.2, -0.15) is 0 Å². The molecule has 0 amide bonds. The van der Waals surface area contributed by atoms with Gasteiger partial charge in [0.2, 0.25) is 0 Å². The van der Waals surface area contributed by atoms with Crippen molar-refractivity contribution in [3.8, 4) is 0 Å². The molecule has 20 heavy (non-hydrogen) atoms. The highest BCUT2D eigenvalue weighted by Gasteiger charge is 2.05. The molecule has 1 aromatic carbocycles. The van der Waals surface area contributed by atoms with Crippen LogP contribution < -0.4 is 5.32 Å². The highest BCUT2D eigenvalue weighted by Crippen LogP contribution is 2.12. The van der Waals surface area contributed by atoms with Crippen molar-refractivity contribution in [3.05, 3.63) is 48.0 Å². The van der Waals surface area contributed by atoms with Crippen molar-refractivity contribution in [2.75, 3.05) is 12.4 Å². The molecule has 0 radical (unpaired) electrons. The van der Waals surface area contributed by atoms with Crippen LogP contribution in [0.5, 0.6) is 0 Å². The number of carbonyl (C=O) groups excluding carboxylic acids is 1. The lowest BCUT2D eigenvalue weighted by molar-refractivity contribution is 0.0601. The van der Waals surface area contributed by atoms with Gasteiger partial charge in [-0.3, -0.25) is 0 Å². The summed E-state index contributed by atoms with van der Waals surface area (Å²) in [4.78, 5) is 15.5. The van der Waals surface area contributed by atoms with Crippen molar-refractivity contribution < 1.29 is 9.53 Å². The van der Waals surface area contributed by atoms with Gasteiger partial charge in [0.15, 0.2) is 0 Å². The lowest BCUT2D eigenvalue weighted by Crippen LogP contribution is -2.07. The predicted octanol–water partition coefficient (Wildman–Crippen LogP) is 2.69. The predicted molar refractivity (Wildman–Crippen MR) is 77.6 cm³/mol. The molecule has 0 bridgehead atoms. The number of esters is 1. The first-order chi connectivity index (χ1) is 9.74. The fraction of sp³-hybridized carbons (Fsp3) is 0.333. The fourth-order valence-corrected chi connectivity index (χ4v) is 1.97. The summed E-state index contributed by atoms with van der Waals surface area (Å²) < 4.78 is 6.80. The largest absolute Gasteiger partial charge is 0.465 e. The fourth-order valence-electron chi connectivity index (χ4n) is 1.97. The maximum atomic E-state index is 11.3. The number of anilines is 1. The van der Waals surface area contributed by atoms with E-state index in [1.807, 2.05) is 24.7 Å². The molecule has 2 aromatic rings. The Bertz CT molecular complexity index is 561. The molecule has 0 fully saturated rings. The van der Waals surface area contributed by atoms with E-state index in [1.54, 1.807) is 12.1 Å². The van der Waals surface area contributed by atoms with E-state index in [0.29, 0.717) is 12.1 Å². The molecule has 0 atom stereocenters. The molecule has 0 aliphatic heterocycles. The zero-order valence-corrected chi connectivity index (χ0v) is 11.8. The van der Waals surface area contributed by atoms with Gasteiger partial charge in [0.1, 0.15) is 0 Å². The maximum Gasteiger partial charge on any atom is 0.337 e. The number of nitrogens with zero attached hydrogens (tertiary/aromatic N) is 2. The molecule has 2 rings (SSSR count). The summed E-state index contributed by atoms with van der Waals surface area (Å²) in [5, 5.41) is 3.32. The number of rotatable bonds is 6. The third kappa shape index (κ3) is 3.38. The Hall–Kier alpha value is -2.30. The summed E-state index contributed by atoms with van der Waals surface area (Å²) in [5.74, 6) is -0.322. The van der Waals surface area contributed by atoms with E-state index in [4.69, 9.17) is 0 Å². The second-order valence-electron chi connectivity index (χ2n) is 4.50. The molecular weight excluding hydrogens is 254 g/mol. The monoisotopic (exact) mass is 273 g/mol. The number of aromatic nitrogens is 2. The van der Waals surface area contributed by atoms with E-state index < -0.39 is 0 Å². The van der Waals surface area contributed by atoms with E-state index in [-0.39, 0.29) is 5.97 Å². The summed E-state index contributed by atoms with van der Waals surface area (Å²) >= 11 is 0. The molecule has 5 nitrogen and oxygen atoms in total. The van der Waals surface area contributed by atoms with E-state index in [1.165, 1.54) is 7.11 Å². The van der Waals surface area contributed by atoms with Crippen LogP contribution in [0.15, 0.2) is 36.8 Å². The van der Waals surface area contributed by atoms with Crippen LogP contribution in [0.2, 0.25) is 0 Å². The van der Waals surface area contributed by atoms with Gasteiger partial charge in [-0.15, -0.1) is 0 Å². The van der Waals surface area contributed by atoms with E-state index in [0.717, 1.165) is 24.3 Å². The van der Waals surface area contributed by atoms with Crippen molar-refractivity contribution in [1.82, 2.24) is 9.55 Å². The van der Waals surface area contributed by atoms with Gasteiger partial charge in [-0.05, 0) is 30.7 Å². The summed E-state index contributed by atoms with van der Waals surface area (Å²) in [7, 11) is 1.38. The zero-order valence-electron chi connectivity index (χ0n) is 11.8. The lowest BCUT2D eigenvalue weighted by Gasteiger charge is -2.09. The SMILES string of the molecule is CCCn1cncc1CNc1ccc(C(=O)OC)cc1. The summed E-state index contributed by atoms with van der Waals surface area (Å²) in [6.07, 6.45) is 4.80. The second-order valence-corrected chi connectivity index (χ2v) is 4.50. The molecule has 1 aromatic heterocycles. The zero-order chi connectivity index (χ0) is 14.4. The summed E-state index contributed by atoms with van der Waals surface area (Å²) in [5.41, 5.74) is 2.65. The Labute approximate surface area is 118 Å². The molecule has 1 heterocycles. The number of carbonyl (C=O) groups is 1. The van der Waals surface area contributed by atoms with Crippen LogP contribution >= 0.6 is 0 Å². The molecule has 1 N–H and O–H groups in total. The van der Waals surface area contributed by atoms with Gasteiger partial charge in [0.25, 0.3) is 0 Å². The molecular formula is C15H19N3O2. The van der Waals surface area contributed by atoms with Crippen molar-refractivity contribution in [3.63, 3.8) is 0 Å². The first kappa shape index (κ1) is 14.1. The molecule has 106 valence electrons. The number of hydrogen-bond acceptors (Lipinski definition) is 4. The third-order valence-electron chi connectivity index (χ3n) is 3.04. The van der Waals surface area contributed by atoms with Crippen LogP contribution in [0, 0.1) is 0 Å². The minimum Gasteiger partial charge on any atom is -0.465 e. The summed E-state index contributed by atoms with van der Waals surface area (Å²) in [6, 6.07) is 7.23. The number of benzene rings is 1. The number of imidazole rings is 1. The first-order valence-corrected chi connectivity index (χ1v) is 6.66. The van der Waals surface area contributed by atoms with Gasteiger partial charge in [-0.1, -0.05) is 6.92 Å². The van der Waals surface area contributed by atoms with E-state index in [9.17, 15) is 4.79 Å². The number of aryl methyl sites for hydroxylation is 1.